The normalized spacial score (nSPS) is 20.9. The highest BCUT2D eigenvalue weighted by molar-refractivity contribution is 5.47. The van der Waals surface area contributed by atoms with Crippen molar-refractivity contribution in [1.82, 2.24) is 0 Å². The average molecular weight is 529 g/mol. The summed E-state index contributed by atoms with van der Waals surface area (Å²) < 4.78 is 0. The van der Waals surface area contributed by atoms with Gasteiger partial charge in [0.05, 0.1) is 0 Å². The molecule has 4 heteroatoms. The van der Waals surface area contributed by atoms with Crippen molar-refractivity contribution in [2.75, 3.05) is 0 Å². The van der Waals surface area contributed by atoms with Gasteiger partial charge in [0.15, 0.2) is 11.2 Å². The molecule has 0 heterocycles. The molecule has 200 valence electrons. The van der Waals surface area contributed by atoms with Crippen molar-refractivity contribution >= 4 is 0 Å². The second-order valence-electron chi connectivity index (χ2n) is 10.4. The Bertz CT molecular complexity index is 1330. The molecule has 40 heavy (non-hydrogen) atoms. The molecule has 1 aliphatic rings. The molecule has 4 N–H and O–H groups in total. The minimum absolute atomic E-state index is 0.167. The van der Waals surface area contributed by atoms with Crippen LogP contribution >= 0.6 is 0 Å². The van der Waals surface area contributed by atoms with Crippen molar-refractivity contribution in [2.45, 2.75) is 48.1 Å². The molecule has 0 aliphatic heterocycles. The smallest absolute Gasteiger partial charge is 0.176 e. The second kappa shape index (κ2) is 11.1. The summed E-state index contributed by atoms with van der Waals surface area (Å²) in [5.41, 5.74) is -3.58. The molecule has 1 aliphatic carbocycles. The molecule has 0 saturated heterocycles. The van der Waals surface area contributed by atoms with Gasteiger partial charge in [-0.2, -0.15) is 0 Å². The third-order valence-electron chi connectivity index (χ3n) is 7.62. The fourth-order valence-electron chi connectivity index (χ4n) is 5.08. The lowest BCUT2D eigenvalue weighted by atomic mass is 9.75. The zero-order chi connectivity index (χ0) is 28.1. The van der Waals surface area contributed by atoms with Gasteiger partial charge in [0.2, 0.25) is 0 Å². The Morgan fingerprint density at radius 3 is 0.875 bits per heavy atom. The zero-order valence-electron chi connectivity index (χ0n) is 22.2. The van der Waals surface area contributed by atoms with Crippen LogP contribution in [0.5, 0.6) is 0 Å². The van der Waals surface area contributed by atoms with E-state index in [1.165, 1.54) is 0 Å². The lowest BCUT2D eigenvalue weighted by molar-refractivity contribution is -0.0226. The lowest BCUT2D eigenvalue weighted by Crippen LogP contribution is -2.42. The van der Waals surface area contributed by atoms with Crippen LogP contribution < -0.4 is 0 Å². The maximum absolute atomic E-state index is 11.7. The molecule has 4 aromatic rings. The van der Waals surface area contributed by atoms with E-state index >= 15 is 0 Å². The van der Waals surface area contributed by atoms with Crippen molar-refractivity contribution in [1.29, 1.82) is 0 Å². The van der Waals surface area contributed by atoms with Crippen LogP contribution in [0.1, 0.15) is 47.9 Å². The molecule has 1 fully saturated rings. The molecule has 4 aromatic carbocycles. The van der Waals surface area contributed by atoms with Crippen molar-refractivity contribution in [3.63, 3.8) is 0 Å². The van der Waals surface area contributed by atoms with Crippen LogP contribution in [0.4, 0.5) is 0 Å². The Hall–Kier alpha value is -4.16. The highest BCUT2D eigenvalue weighted by Gasteiger charge is 2.40. The van der Waals surface area contributed by atoms with Crippen molar-refractivity contribution < 1.29 is 20.4 Å². The summed E-state index contributed by atoms with van der Waals surface area (Å²) in [6.07, 6.45) is 0.666. The standard InChI is InChI=1S/C36H32O4/c37-33(25-27-35(39,29-13-5-1-6-14-29)30-15-7-2-8-16-30)21-23-34(38,24-22-33)26-28-36(40,31-17-9-3-10-18-31)32-19-11-4-12-20-32/h1-20,37-40H,21-24H2. The monoisotopic (exact) mass is 528 g/mol. The first kappa shape index (κ1) is 27.4. The summed E-state index contributed by atoms with van der Waals surface area (Å²) in [4.78, 5) is 0. The molecule has 4 nitrogen and oxygen atoms in total. The fraction of sp³-hybridized carbons (Fsp3) is 0.222. The van der Waals surface area contributed by atoms with E-state index in [0.29, 0.717) is 22.3 Å². The molecule has 0 amide bonds. The SMILES string of the molecule is OC1(C#CC(O)(c2ccccc2)c2ccccc2)CCC(O)(C#CC(O)(c2ccccc2)c2ccccc2)CC1. The number of benzene rings is 4. The fourth-order valence-corrected chi connectivity index (χ4v) is 5.08. The van der Waals surface area contributed by atoms with Gasteiger partial charge in [-0.3, -0.25) is 0 Å². The van der Waals surface area contributed by atoms with Gasteiger partial charge in [-0.15, -0.1) is 0 Å². The van der Waals surface area contributed by atoms with Crippen molar-refractivity contribution in [2.24, 2.45) is 0 Å². The summed E-state index contributed by atoms with van der Waals surface area (Å²) >= 11 is 0. The Morgan fingerprint density at radius 1 is 0.425 bits per heavy atom. The molecule has 0 unspecified atom stereocenters. The molecular weight excluding hydrogens is 496 g/mol. The van der Waals surface area contributed by atoms with Crippen LogP contribution in [0.3, 0.4) is 0 Å². The van der Waals surface area contributed by atoms with Gasteiger partial charge < -0.3 is 20.4 Å². The maximum atomic E-state index is 11.7. The van der Waals surface area contributed by atoms with Crippen LogP contribution in [0.2, 0.25) is 0 Å². The molecule has 0 bridgehead atoms. The van der Waals surface area contributed by atoms with Gasteiger partial charge in [0.25, 0.3) is 0 Å². The van der Waals surface area contributed by atoms with Crippen molar-refractivity contribution in [3.8, 4) is 23.7 Å². The van der Waals surface area contributed by atoms with Crippen LogP contribution in [0.25, 0.3) is 0 Å². The molecular formula is C36H32O4. The van der Waals surface area contributed by atoms with E-state index in [0.717, 1.165) is 0 Å². The lowest BCUT2D eigenvalue weighted by Gasteiger charge is -2.36. The first-order valence-corrected chi connectivity index (χ1v) is 13.5. The topological polar surface area (TPSA) is 80.9 Å². The van der Waals surface area contributed by atoms with E-state index in [2.05, 4.69) is 23.7 Å². The first-order valence-electron chi connectivity index (χ1n) is 13.5. The highest BCUT2D eigenvalue weighted by Crippen LogP contribution is 2.37. The third kappa shape index (κ3) is 5.73. The summed E-state index contributed by atoms with van der Waals surface area (Å²) in [6, 6.07) is 36.6. The molecule has 0 aromatic heterocycles. The minimum atomic E-state index is -1.60. The molecule has 0 radical (unpaired) electrons. The Balaban J connectivity index is 1.41. The Morgan fingerprint density at radius 2 is 0.650 bits per heavy atom. The molecule has 0 spiro atoms. The van der Waals surface area contributed by atoms with Crippen LogP contribution in [-0.4, -0.2) is 31.6 Å². The zero-order valence-corrected chi connectivity index (χ0v) is 22.2. The predicted molar refractivity (Wildman–Crippen MR) is 156 cm³/mol. The van der Waals surface area contributed by atoms with Crippen molar-refractivity contribution in [3.05, 3.63) is 144 Å². The summed E-state index contributed by atoms with van der Waals surface area (Å²) in [6.45, 7) is 0. The summed E-state index contributed by atoms with van der Waals surface area (Å²) in [7, 11) is 0. The summed E-state index contributed by atoms with van der Waals surface area (Å²) in [5.74, 6) is 11.8. The van der Waals surface area contributed by atoms with Gasteiger partial charge in [-0.1, -0.05) is 145 Å². The van der Waals surface area contributed by atoms with Crippen LogP contribution in [0.15, 0.2) is 121 Å². The first-order chi connectivity index (χ1) is 19.2. The van der Waals surface area contributed by atoms with E-state index in [-0.39, 0.29) is 25.7 Å². The van der Waals surface area contributed by atoms with E-state index in [1.807, 2.05) is 121 Å². The second-order valence-corrected chi connectivity index (χ2v) is 10.4. The maximum Gasteiger partial charge on any atom is 0.176 e. The largest absolute Gasteiger partial charge is 0.378 e. The van der Waals surface area contributed by atoms with Gasteiger partial charge in [-0.05, 0) is 25.7 Å². The third-order valence-corrected chi connectivity index (χ3v) is 7.62. The minimum Gasteiger partial charge on any atom is -0.378 e. The molecule has 0 atom stereocenters. The molecule has 5 rings (SSSR count). The number of hydrogen-bond donors (Lipinski definition) is 4. The van der Waals surface area contributed by atoms with Gasteiger partial charge in [0, 0.05) is 22.3 Å². The number of rotatable bonds is 4. The molecule has 1 saturated carbocycles. The van der Waals surface area contributed by atoms with E-state index < -0.39 is 22.4 Å². The average Bonchev–Trinajstić information content (AvgIpc) is 3.02. The number of aliphatic hydroxyl groups is 4. The van der Waals surface area contributed by atoms with E-state index in [4.69, 9.17) is 0 Å². The predicted octanol–water partition coefficient (Wildman–Crippen LogP) is 4.90. The van der Waals surface area contributed by atoms with E-state index in [1.54, 1.807) is 0 Å². The quantitative estimate of drug-likeness (QED) is 0.284. The van der Waals surface area contributed by atoms with Gasteiger partial charge in [0.1, 0.15) is 11.2 Å². The highest BCUT2D eigenvalue weighted by atomic mass is 16.3. The van der Waals surface area contributed by atoms with Gasteiger partial charge >= 0.3 is 0 Å². The van der Waals surface area contributed by atoms with Crippen LogP contribution in [0, 0.1) is 23.7 Å². The van der Waals surface area contributed by atoms with E-state index in [9.17, 15) is 20.4 Å². The summed E-state index contributed by atoms with van der Waals surface area (Å²) in [5, 5.41) is 46.1. The Labute approximate surface area is 235 Å². The Kier molecular flexibility index (Phi) is 7.63. The van der Waals surface area contributed by atoms with Gasteiger partial charge in [-0.25, -0.2) is 0 Å². The number of hydrogen-bond acceptors (Lipinski definition) is 4. The van der Waals surface area contributed by atoms with Crippen LogP contribution in [-0.2, 0) is 11.2 Å².